The Hall–Kier alpha value is -3.12. The van der Waals surface area contributed by atoms with E-state index in [0.717, 1.165) is 46.0 Å². The number of aromatic amines is 1. The third-order valence-electron chi connectivity index (χ3n) is 4.89. The van der Waals surface area contributed by atoms with Crippen LogP contribution in [0.25, 0.3) is 22.0 Å². The van der Waals surface area contributed by atoms with Crippen molar-refractivity contribution in [3.05, 3.63) is 72.7 Å². The van der Waals surface area contributed by atoms with Gasteiger partial charge in [-0.1, -0.05) is 52.3 Å². The molecule has 6 heteroatoms. The number of alkyl halides is 1. The summed E-state index contributed by atoms with van der Waals surface area (Å²) in [5.74, 6) is -0.585. The van der Waals surface area contributed by atoms with Crippen LogP contribution in [-0.2, 0) is 11.3 Å². The predicted octanol–water partition coefficient (Wildman–Crippen LogP) is 5.55. The van der Waals surface area contributed by atoms with Crippen LogP contribution in [0.3, 0.4) is 0 Å². The van der Waals surface area contributed by atoms with E-state index in [1.165, 1.54) is 0 Å². The molecule has 0 bridgehead atoms. The number of para-hydroxylation sites is 2. The molecule has 2 heterocycles. The van der Waals surface area contributed by atoms with Gasteiger partial charge in [-0.05, 0) is 24.6 Å². The van der Waals surface area contributed by atoms with Gasteiger partial charge in [-0.3, -0.25) is 9.59 Å². The van der Waals surface area contributed by atoms with Gasteiger partial charge in [-0.2, -0.15) is 0 Å². The molecule has 2 N–H and O–H groups in total. The average Bonchev–Trinajstić information content (AvgIpc) is 3.34. The standard InChI is InChI=1S/C23H20BrN3O2/c24-11-6-12-27-14-19(17-9-4-5-10-20(17)27)18-13-25-23(21(29)15-28)22(18)26-16-7-2-1-3-8-16/h1-5,7-10,13-15,25-26H,6,11-12H2. The van der Waals surface area contributed by atoms with E-state index in [4.69, 9.17) is 0 Å². The lowest BCUT2D eigenvalue weighted by Gasteiger charge is -2.09. The highest BCUT2D eigenvalue weighted by Crippen LogP contribution is 2.38. The molecule has 5 nitrogen and oxygen atoms in total. The Bertz CT molecular complexity index is 1160. The fourth-order valence-electron chi connectivity index (χ4n) is 3.56. The number of fused-ring (bicyclic) bond motifs is 1. The first-order valence-corrected chi connectivity index (χ1v) is 10.5. The lowest BCUT2D eigenvalue weighted by atomic mass is 10.0. The smallest absolute Gasteiger partial charge is 0.243 e. The van der Waals surface area contributed by atoms with Crippen molar-refractivity contribution in [2.75, 3.05) is 10.6 Å². The van der Waals surface area contributed by atoms with E-state index in [2.05, 4.69) is 49.1 Å². The number of H-pyrrole nitrogens is 1. The monoisotopic (exact) mass is 449 g/mol. The second-order valence-electron chi connectivity index (χ2n) is 6.72. The lowest BCUT2D eigenvalue weighted by Crippen LogP contribution is -2.04. The van der Waals surface area contributed by atoms with E-state index in [9.17, 15) is 9.59 Å². The number of carbonyl (C=O) groups is 2. The van der Waals surface area contributed by atoms with Gasteiger partial charge in [0, 0.05) is 52.0 Å². The first-order chi connectivity index (χ1) is 14.2. The number of aryl methyl sites for hydroxylation is 1. The molecular weight excluding hydrogens is 430 g/mol. The molecule has 0 aliphatic rings. The topological polar surface area (TPSA) is 66.9 Å². The number of hydrogen-bond acceptors (Lipinski definition) is 3. The molecule has 4 rings (SSSR count). The predicted molar refractivity (Wildman–Crippen MR) is 120 cm³/mol. The lowest BCUT2D eigenvalue weighted by molar-refractivity contribution is -0.104. The maximum atomic E-state index is 12.2. The number of ketones is 1. The molecule has 4 aromatic rings. The summed E-state index contributed by atoms with van der Waals surface area (Å²) in [6.45, 7) is 0.887. The van der Waals surface area contributed by atoms with Crippen LogP contribution < -0.4 is 5.32 Å². The van der Waals surface area contributed by atoms with Crippen molar-refractivity contribution in [2.45, 2.75) is 13.0 Å². The normalized spacial score (nSPS) is 10.9. The summed E-state index contributed by atoms with van der Waals surface area (Å²) in [6, 6.07) is 17.8. The second kappa shape index (κ2) is 8.49. The van der Waals surface area contributed by atoms with Gasteiger partial charge >= 0.3 is 0 Å². The molecular formula is C23H20BrN3O2. The van der Waals surface area contributed by atoms with Crippen LogP contribution in [0.4, 0.5) is 11.4 Å². The molecule has 0 unspecified atom stereocenters. The van der Waals surface area contributed by atoms with Crippen molar-refractivity contribution < 1.29 is 9.59 Å². The summed E-state index contributed by atoms with van der Waals surface area (Å²) in [4.78, 5) is 26.4. The quantitative estimate of drug-likeness (QED) is 0.160. The minimum Gasteiger partial charge on any atom is -0.356 e. The molecule has 0 saturated carbocycles. The van der Waals surface area contributed by atoms with Crippen LogP contribution in [0.15, 0.2) is 67.0 Å². The number of nitrogens with one attached hydrogen (secondary N) is 2. The van der Waals surface area contributed by atoms with E-state index in [1.54, 1.807) is 6.20 Å². The van der Waals surface area contributed by atoms with E-state index in [1.807, 2.05) is 42.5 Å². The summed E-state index contributed by atoms with van der Waals surface area (Å²) in [5.41, 5.74) is 4.71. The fourth-order valence-corrected chi connectivity index (χ4v) is 3.81. The average molecular weight is 450 g/mol. The maximum Gasteiger partial charge on any atom is 0.243 e. The fraction of sp³-hybridized carbons (Fsp3) is 0.130. The molecule has 2 aromatic heterocycles. The van der Waals surface area contributed by atoms with Crippen LogP contribution in [-0.4, -0.2) is 27.0 Å². The molecule has 0 aliphatic carbocycles. The highest BCUT2D eigenvalue weighted by molar-refractivity contribution is 9.09. The van der Waals surface area contributed by atoms with Gasteiger partial charge in [-0.15, -0.1) is 0 Å². The molecule has 0 radical (unpaired) electrons. The molecule has 146 valence electrons. The van der Waals surface area contributed by atoms with Crippen LogP contribution in [0.5, 0.6) is 0 Å². The van der Waals surface area contributed by atoms with Crippen LogP contribution >= 0.6 is 15.9 Å². The summed E-state index contributed by atoms with van der Waals surface area (Å²) in [7, 11) is 0. The number of hydrogen-bond donors (Lipinski definition) is 2. The first kappa shape index (κ1) is 19.2. The molecule has 0 atom stereocenters. The van der Waals surface area contributed by atoms with E-state index < -0.39 is 5.78 Å². The number of aromatic nitrogens is 2. The van der Waals surface area contributed by atoms with Gasteiger partial charge in [0.05, 0.1) is 5.69 Å². The van der Waals surface area contributed by atoms with Gasteiger partial charge in [0.1, 0.15) is 5.69 Å². The van der Waals surface area contributed by atoms with Crippen molar-refractivity contribution in [1.82, 2.24) is 9.55 Å². The van der Waals surface area contributed by atoms with Crippen molar-refractivity contribution in [3.63, 3.8) is 0 Å². The van der Waals surface area contributed by atoms with Crippen molar-refractivity contribution in [1.29, 1.82) is 0 Å². The molecule has 2 aromatic carbocycles. The van der Waals surface area contributed by atoms with Crippen LogP contribution in [0.1, 0.15) is 16.9 Å². The minimum absolute atomic E-state index is 0.260. The van der Waals surface area contributed by atoms with Crippen molar-refractivity contribution >= 4 is 50.3 Å². The third kappa shape index (κ3) is 3.76. The molecule has 0 saturated heterocycles. The van der Waals surface area contributed by atoms with Crippen LogP contribution in [0.2, 0.25) is 0 Å². The van der Waals surface area contributed by atoms with Gasteiger partial charge in [-0.25, -0.2) is 0 Å². The molecule has 29 heavy (non-hydrogen) atoms. The Balaban J connectivity index is 1.88. The van der Waals surface area contributed by atoms with Gasteiger partial charge in [0.15, 0.2) is 6.29 Å². The number of aldehydes is 1. The zero-order valence-corrected chi connectivity index (χ0v) is 17.3. The largest absolute Gasteiger partial charge is 0.356 e. The third-order valence-corrected chi connectivity index (χ3v) is 5.45. The van der Waals surface area contributed by atoms with E-state index in [0.29, 0.717) is 12.0 Å². The van der Waals surface area contributed by atoms with Gasteiger partial charge in [0.2, 0.25) is 5.78 Å². The number of nitrogens with zero attached hydrogens (tertiary/aromatic N) is 1. The summed E-state index contributed by atoms with van der Waals surface area (Å²) in [6.07, 6.45) is 5.25. The van der Waals surface area contributed by atoms with Gasteiger partial charge < -0.3 is 14.9 Å². The summed E-state index contributed by atoms with van der Waals surface area (Å²) < 4.78 is 2.23. The number of carbonyl (C=O) groups excluding carboxylic acids is 2. The highest BCUT2D eigenvalue weighted by Gasteiger charge is 2.21. The Kier molecular flexibility index (Phi) is 5.62. The summed E-state index contributed by atoms with van der Waals surface area (Å²) >= 11 is 3.50. The second-order valence-corrected chi connectivity index (χ2v) is 7.51. The maximum absolute atomic E-state index is 12.2. The highest BCUT2D eigenvalue weighted by atomic mass is 79.9. The first-order valence-electron chi connectivity index (χ1n) is 9.40. The Morgan fingerprint density at radius 3 is 2.59 bits per heavy atom. The van der Waals surface area contributed by atoms with Crippen molar-refractivity contribution in [2.24, 2.45) is 0 Å². The number of rotatable bonds is 8. The number of benzene rings is 2. The Morgan fingerprint density at radius 2 is 1.83 bits per heavy atom. The zero-order valence-electron chi connectivity index (χ0n) is 15.7. The Labute approximate surface area is 176 Å². The molecule has 0 fully saturated rings. The number of Topliss-reactive ketones (excluding diaryl/α,β-unsaturated/α-hetero) is 1. The summed E-state index contributed by atoms with van der Waals surface area (Å²) in [5, 5.41) is 5.35. The van der Waals surface area contributed by atoms with Crippen molar-refractivity contribution in [3.8, 4) is 11.1 Å². The molecule has 0 aliphatic heterocycles. The molecule has 0 amide bonds. The Morgan fingerprint density at radius 1 is 1.07 bits per heavy atom. The number of halogens is 1. The van der Waals surface area contributed by atoms with E-state index >= 15 is 0 Å². The molecule has 0 spiro atoms. The SMILES string of the molecule is O=CC(=O)c1[nH]cc(-c2cn(CCCBr)c3ccccc23)c1Nc1ccccc1. The van der Waals surface area contributed by atoms with E-state index in [-0.39, 0.29) is 5.69 Å². The number of anilines is 2. The van der Waals surface area contributed by atoms with Crippen LogP contribution in [0, 0.1) is 0 Å². The minimum atomic E-state index is -0.585. The zero-order chi connectivity index (χ0) is 20.2. The van der Waals surface area contributed by atoms with Gasteiger partial charge in [0.25, 0.3) is 0 Å².